The van der Waals surface area contributed by atoms with E-state index in [4.69, 9.17) is 47.4 Å². The van der Waals surface area contributed by atoms with Crippen LogP contribution in [0.2, 0.25) is 0 Å². The van der Waals surface area contributed by atoms with Crippen LogP contribution in [0.4, 0.5) is 0 Å². The Hall–Kier alpha value is -4.26. The zero-order chi connectivity index (χ0) is 30.1. The molecule has 226 valence electrons. The number of hydrogen-bond acceptors (Lipinski definition) is 12. The maximum absolute atomic E-state index is 13.4. The van der Waals surface area contributed by atoms with Gasteiger partial charge in [0.1, 0.15) is 19.0 Å². The molecule has 0 aliphatic carbocycles. The van der Waals surface area contributed by atoms with Gasteiger partial charge in [-0.05, 0) is 49.1 Å². The van der Waals surface area contributed by atoms with E-state index in [1.807, 2.05) is 12.1 Å². The van der Waals surface area contributed by atoms with E-state index in [2.05, 4.69) is 0 Å². The number of ether oxygens (including phenoxy) is 10. The van der Waals surface area contributed by atoms with Crippen molar-refractivity contribution in [3.63, 3.8) is 0 Å². The standard InChI is InChI=1S/C31H30O12/c1-15(32)37-12-31-13-38-29(27(31)42-30(2,3)43-31)41-26-18-10-22(35-5)21(34-4)9-17(18)24(25-19(26)11-36-28(25)33)16-6-7-20-23(8-16)40-14-39-20/h6-10,27,29H,11-14H2,1-5H3/t27-,29+,31+/m0/s1. The number of benzene rings is 3. The van der Waals surface area contributed by atoms with E-state index in [1.54, 1.807) is 32.0 Å². The van der Waals surface area contributed by atoms with E-state index in [9.17, 15) is 9.59 Å². The second kappa shape index (κ2) is 9.90. The number of cyclic esters (lactones) is 1. The fourth-order valence-corrected chi connectivity index (χ4v) is 6.19. The van der Waals surface area contributed by atoms with Crippen molar-refractivity contribution in [3.8, 4) is 39.9 Å². The Kier molecular flexibility index (Phi) is 6.35. The van der Waals surface area contributed by atoms with Crippen LogP contribution < -0.4 is 23.7 Å². The molecule has 2 saturated heterocycles. The molecule has 3 aromatic carbocycles. The summed E-state index contributed by atoms with van der Waals surface area (Å²) >= 11 is 0. The van der Waals surface area contributed by atoms with Gasteiger partial charge in [0, 0.05) is 23.4 Å². The van der Waals surface area contributed by atoms with E-state index in [0.717, 1.165) is 5.56 Å². The van der Waals surface area contributed by atoms with Gasteiger partial charge in [0.25, 0.3) is 0 Å². The quantitative estimate of drug-likeness (QED) is 0.365. The number of carbonyl (C=O) groups excluding carboxylic acids is 2. The maximum Gasteiger partial charge on any atom is 0.339 e. The Bertz CT molecular complexity index is 1660. The van der Waals surface area contributed by atoms with Crippen molar-refractivity contribution in [2.45, 2.75) is 51.2 Å². The highest BCUT2D eigenvalue weighted by molar-refractivity contribution is 6.14. The Morgan fingerprint density at radius 2 is 1.72 bits per heavy atom. The highest BCUT2D eigenvalue weighted by Gasteiger charge is 2.63. The highest BCUT2D eigenvalue weighted by Crippen LogP contribution is 2.51. The average molecular weight is 595 g/mol. The molecular formula is C31H30O12. The van der Waals surface area contributed by atoms with Crippen molar-refractivity contribution in [1.29, 1.82) is 0 Å². The normalized spacial score (nSPS) is 24.4. The van der Waals surface area contributed by atoms with Crippen LogP contribution in [-0.2, 0) is 35.1 Å². The fourth-order valence-electron chi connectivity index (χ4n) is 6.19. The van der Waals surface area contributed by atoms with Crippen molar-refractivity contribution < 1.29 is 57.0 Å². The summed E-state index contributed by atoms with van der Waals surface area (Å²) in [6.45, 7) is 4.94. The van der Waals surface area contributed by atoms with E-state index >= 15 is 0 Å². The summed E-state index contributed by atoms with van der Waals surface area (Å²) in [5.74, 6) is 0.523. The summed E-state index contributed by atoms with van der Waals surface area (Å²) < 4.78 is 58.5. The summed E-state index contributed by atoms with van der Waals surface area (Å²) in [7, 11) is 3.08. The zero-order valence-corrected chi connectivity index (χ0v) is 24.3. The summed E-state index contributed by atoms with van der Waals surface area (Å²) in [5.41, 5.74) is 1.14. The third kappa shape index (κ3) is 4.39. The SMILES string of the molecule is COc1cc2c(O[C@H]3OC[C@@]4(COC(C)=O)OC(C)(C)O[C@@H]34)c3c(c(-c4ccc5c(c4)OCO5)c2cc1OC)C(=O)OC3. The first kappa shape index (κ1) is 27.6. The molecule has 0 bridgehead atoms. The van der Waals surface area contributed by atoms with Gasteiger partial charge in [-0.3, -0.25) is 4.79 Å². The van der Waals surface area contributed by atoms with Crippen molar-refractivity contribution in [2.75, 3.05) is 34.2 Å². The minimum absolute atomic E-state index is 0.0236. The van der Waals surface area contributed by atoms with Crippen LogP contribution >= 0.6 is 0 Å². The highest BCUT2D eigenvalue weighted by atomic mass is 16.8. The lowest BCUT2D eigenvalue weighted by Gasteiger charge is -2.26. The molecule has 2 fully saturated rings. The molecule has 3 aromatic rings. The Morgan fingerprint density at radius 3 is 2.47 bits per heavy atom. The lowest BCUT2D eigenvalue weighted by atomic mass is 9.89. The monoisotopic (exact) mass is 594 g/mol. The molecule has 4 heterocycles. The van der Waals surface area contributed by atoms with Gasteiger partial charge in [0.2, 0.25) is 13.1 Å². The molecule has 0 radical (unpaired) electrons. The van der Waals surface area contributed by atoms with Gasteiger partial charge in [0.15, 0.2) is 40.5 Å². The van der Waals surface area contributed by atoms with Gasteiger partial charge in [-0.25, -0.2) is 4.79 Å². The third-order valence-corrected chi connectivity index (χ3v) is 7.95. The smallest absolute Gasteiger partial charge is 0.339 e. The predicted octanol–water partition coefficient (Wildman–Crippen LogP) is 4.11. The van der Waals surface area contributed by atoms with Gasteiger partial charge in [-0.15, -0.1) is 0 Å². The van der Waals surface area contributed by atoms with Gasteiger partial charge >= 0.3 is 11.9 Å². The number of esters is 2. The van der Waals surface area contributed by atoms with Gasteiger partial charge in [-0.2, -0.15) is 0 Å². The Balaban J connectivity index is 1.40. The molecule has 3 atom stereocenters. The number of methoxy groups -OCH3 is 2. The first-order chi connectivity index (χ1) is 20.6. The lowest BCUT2D eigenvalue weighted by Crippen LogP contribution is -2.47. The second-order valence-corrected chi connectivity index (χ2v) is 11.1. The molecule has 12 nitrogen and oxygen atoms in total. The lowest BCUT2D eigenvalue weighted by molar-refractivity contribution is -0.213. The van der Waals surface area contributed by atoms with Crippen LogP contribution in [0.5, 0.6) is 28.7 Å². The molecular weight excluding hydrogens is 564 g/mol. The fraction of sp³-hybridized carbons (Fsp3) is 0.419. The second-order valence-electron chi connectivity index (χ2n) is 11.1. The summed E-state index contributed by atoms with van der Waals surface area (Å²) in [6.07, 6.45) is -1.72. The number of fused-ring (bicyclic) bond motifs is 4. The molecule has 0 aromatic heterocycles. The first-order valence-corrected chi connectivity index (χ1v) is 13.7. The van der Waals surface area contributed by atoms with E-state index in [-0.39, 0.29) is 26.6 Å². The molecule has 4 aliphatic heterocycles. The van der Waals surface area contributed by atoms with Gasteiger partial charge < -0.3 is 47.4 Å². The molecule has 12 heteroatoms. The van der Waals surface area contributed by atoms with Crippen LogP contribution in [0.3, 0.4) is 0 Å². The van der Waals surface area contributed by atoms with Gasteiger partial charge in [-0.1, -0.05) is 6.07 Å². The molecule has 0 N–H and O–H groups in total. The molecule has 43 heavy (non-hydrogen) atoms. The molecule has 0 saturated carbocycles. The molecule has 4 aliphatic rings. The van der Waals surface area contributed by atoms with Gasteiger partial charge in [0.05, 0.1) is 26.4 Å². The molecule has 0 amide bonds. The Labute approximate surface area is 246 Å². The Morgan fingerprint density at radius 1 is 0.977 bits per heavy atom. The van der Waals surface area contributed by atoms with Crippen LogP contribution in [0.15, 0.2) is 30.3 Å². The average Bonchev–Trinajstić information content (AvgIpc) is 3.74. The minimum atomic E-state index is -1.08. The molecule has 0 spiro atoms. The van der Waals surface area contributed by atoms with Crippen LogP contribution in [0, 0.1) is 0 Å². The summed E-state index contributed by atoms with van der Waals surface area (Å²) in [5, 5.41) is 1.28. The number of hydrogen-bond donors (Lipinski definition) is 0. The van der Waals surface area contributed by atoms with Crippen molar-refractivity contribution in [1.82, 2.24) is 0 Å². The van der Waals surface area contributed by atoms with Crippen LogP contribution in [-0.4, -0.2) is 69.9 Å². The first-order valence-electron chi connectivity index (χ1n) is 13.7. The largest absolute Gasteiger partial charge is 0.493 e. The van der Waals surface area contributed by atoms with Crippen LogP contribution in [0.1, 0.15) is 36.7 Å². The van der Waals surface area contributed by atoms with Crippen molar-refractivity contribution >= 4 is 22.7 Å². The van der Waals surface area contributed by atoms with Crippen molar-refractivity contribution in [2.24, 2.45) is 0 Å². The zero-order valence-electron chi connectivity index (χ0n) is 24.3. The summed E-state index contributed by atoms with van der Waals surface area (Å²) in [6, 6.07) is 9.08. The third-order valence-electron chi connectivity index (χ3n) is 7.95. The maximum atomic E-state index is 13.4. The molecule has 0 unspecified atom stereocenters. The van der Waals surface area contributed by atoms with Crippen molar-refractivity contribution in [3.05, 3.63) is 41.5 Å². The molecule has 7 rings (SSSR count). The predicted molar refractivity (Wildman–Crippen MR) is 147 cm³/mol. The summed E-state index contributed by atoms with van der Waals surface area (Å²) in [4.78, 5) is 25.0. The number of rotatable bonds is 7. The van der Waals surface area contributed by atoms with E-state index in [0.29, 0.717) is 56.2 Å². The van der Waals surface area contributed by atoms with Crippen LogP contribution in [0.25, 0.3) is 21.9 Å². The minimum Gasteiger partial charge on any atom is -0.493 e. The number of carbonyl (C=O) groups is 2. The van der Waals surface area contributed by atoms with E-state index in [1.165, 1.54) is 21.1 Å². The van der Waals surface area contributed by atoms with E-state index < -0.39 is 35.7 Å². The topological polar surface area (TPSA) is 126 Å².